The van der Waals surface area contributed by atoms with Crippen molar-refractivity contribution in [3.8, 4) is 28.1 Å². The maximum absolute atomic E-state index is 12.9. The van der Waals surface area contributed by atoms with E-state index in [0.717, 1.165) is 11.1 Å². The molecule has 4 rings (SSSR count). The van der Waals surface area contributed by atoms with Crippen molar-refractivity contribution in [3.05, 3.63) is 95.7 Å². The van der Waals surface area contributed by atoms with E-state index in [1.165, 1.54) is 26.0 Å². The molecule has 8 heteroatoms. The zero-order valence-electron chi connectivity index (χ0n) is 19.3. The summed E-state index contributed by atoms with van der Waals surface area (Å²) < 4.78 is 16.1. The Morgan fingerprint density at radius 3 is 1.91 bits per heavy atom. The van der Waals surface area contributed by atoms with Crippen molar-refractivity contribution < 1.29 is 28.6 Å². The van der Waals surface area contributed by atoms with Crippen molar-refractivity contribution in [2.45, 2.75) is 0 Å². The molecule has 0 atom stereocenters. The van der Waals surface area contributed by atoms with Gasteiger partial charge in [0.1, 0.15) is 11.3 Å². The molecule has 0 fully saturated rings. The second kappa shape index (κ2) is 10.0. The van der Waals surface area contributed by atoms with Gasteiger partial charge in [0.2, 0.25) is 0 Å². The predicted molar refractivity (Wildman–Crippen MR) is 128 cm³/mol. The minimum absolute atomic E-state index is 0.00129. The lowest BCUT2D eigenvalue weighted by Gasteiger charge is -2.07. The number of rotatable bonds is 6. The van der Waals surface area contributed by atoms with Crippen LogP contribution >= 0.6 is 0 Å². The van der Waals surface area contributed by atoms with Crippen LogP contribution in [0.3, 0.4) is 0 Å². The van der Waals surface area contributed by atoms with Crippen molar-refractivity contribution in [1.82, 2.24) is 9.78 Å². The summed E-state index contributed by atoms with van der Waals surface area (Å²) >= 11 is 0. The molecule has 1 aromatic heterocycles. The predicted octanol–water partition coefficient (Wildman–Crippen LogP) is 4.57. The van der Waals surface area contributed by atoms with E-state index in [9.17, 15) is 14.4 Å². The van der Waals surface area contributed by atoms with E-state index >= 15 is 0 Å². The van der Waals surface area contributed by atoms with Crippen LogP contribution in [0.4, 0.5) is 0 Å². The van der Waals surface area contributed by atoms with E-state index < -0.39 is 17.9 Å². The fraction of sp³-hybridized carbons (Fsp3) is 0.111. The van der Waals surface area contributed by atoms with Gasteiger partial charge in [-0.05, 0) is 41.5 Å². The summed E-state index contributed by atoms with van der Waals surface area (Å²) in [5, 5.41) is 4.63. The van der Waals surface area contributed by atoms with Crippen LogP contribution in [0, 0.1) is 0 Å². The normalized spacial score (nSPS) is 10.5. The average molecular weight is 470 g/mol. The number of aromatic nitrogens is 2. The van der Waals surface area contributed by atoms with E-state index in [-0.39, 0.29) is 17.0 Å². The highest BCUT2D eigenvalue weighted by Crippen LogP contribution is 2.32. The minimum Gasteiger partial charge on any atom is -0.465 e. The van der Waals surface area contributed by atoms with Crippen LogP contribution in [0.5, 0.6) is 0 Å². The van der Waals surface area contributed by atoms with E-state index in [1.54, 1.807) is 54.6 Å². The highest BCUT2D eigenvalue weighted by Gasteiger charge is 2.31. The fourth-order valence-corrected chi connectivity index (χ4v) is 3.72. The Kier molecular flexibility index (Phi) is 6.73. The Hall–Kier alpha value is -4.72. The molecule has 0 aliphatic rings. The van der Waals surface area contributed by atoms with Gasteiger partial charge in [0.05, 0.1) is 32.6 Å². The molecule has 0 bridgehead atoms. The summed E-state index contributed by atoms with van der Waals surface area (Å²) in [7, 11) is 3.81. The van der Waals surface area contributed by atoms with Gasteiger partial charge < -0.3 is 14.2 Å². The molecule has 8 nitrogen and oxygen atoms in total. The largest absolute Gasteiger partial charge is 0.465 e. The maximum atomic E-state index is 12.9. The third-order valence-electron chi connectivity index (χ3n) is 5.43. The number of carbonyl (C=O) groups is 3. The Morgan fingerprint density at radius 1 is 0.657 bits per heavy atom. The smallest absolute Gasteiger partial charge is 0.357 e. The Labute approximate surface area is 201 Å². The molecule has 0 spiro atoms. The van der Waals surface area contributed by atoms with Gasteiger partial charge in [-0.15, -0.1) is 0 Å². The first-order chi connectivity index (χ1) is 17.0. The van der Waals surface area contributed by atoms with Crippen molar-refractivity contribution >= 4 is 17.9 Å². The zero-order chi connectivity index (χ0) is 24.9. The zero-order valence-corrected chi connectivity index (χ0v) is 19.3. The number of carbonyl (C=O) groups excluding carboxylic acids is 3. The number of nitrogens with zero attached hydrogens (tertiary/aromatic N) is 2. The molecule has 0 N–H and O–H groups in total. The van der Waals surface area contributed by atoms with Crippen LogP contribution in [0.15, 0.2) is 78.9 Å². The highest BCUT2D eigenvalue weighted by molar-refractivity contribution is 6.07. The minimum atomic E-state index is -0.720. The Morgan fingerprint density at radius 2 is 1.29 bits per heavy atom. The summed E-state index contributed by atoms with van der Waals surface area (Å²) in [6.07, 6.45) is 0. The summed E-state index contributed by atoms with van der Waals surface area (Å²) in [6, 6.07) is 23.3. The lowest BCUT2D eigenvalue weighted by atomic mass is 9.99. The summed E-state index contributed by atoms with van der Waals surface area (Å²) in [5.74, 6) is -1.85. The van der Waals surface area contributed by atoms with Crippen LogP contribution < -0.4 is 0 Å². The first-order valence-corrected chi connectivity index (χ1v) is 10.6. The van der Waals surface area contributed by atoms with Crippen molar-refractivity contribution in [2.24, 2.45) is 0 Å². The molecule has 176 valence electrons. The van der Waals surface area contributed by atoms with Gasteiger partial charge in [-0.2, -0.15) is 5.10 Å². The summed E-state index contributed by atoms with van der Waals surface area (Å²) in [5.41, 5.74) is 3.52. The molecule has 0 unspecified atom stereocenters. The molecule has 0 saturated heterocycles. The molecule has 0 saturated carbocycles. The van der Waals surface area contributed by atoms with Crippen LogP contribution in [-0.2, 0) is 14.2 Å². The van der Waals surface area contributed by atoms with Gasteiger partial charge in [-0.1, -0.05) is 48.5 Å². The maximum Gasteiger partial charge on any atom is 0.357 e. The molecule has 0 aliphatic carbocycles. The Bertz CT molecular complexity index is 1390. The number of para-hydroxylation sites is 1. The number of esters is 3. The standard InChI is InChI=1S/C27H22N2O6/c1-33-25(30)18-14-12-17(13-15-18)19-8-7-9-20(16-19)23-22(26(31)34-2)24(27(32)35-3)29(28-23)21-10-5-4-6-11-21/h4-16H,1-3H3. The lowest BCUT2D eigenvalue weighted by molar-refractivity contribution is 0.0549. The van der Waals surface area contributed by atoms with E-state index in [0.29, 0.717) is 16.8 Å². The summed E-state index contributed by atoms with van der Waals surface area (Å²) in [6.45, 7) is 0. The van der Waals surface area contributed by atoms with Crippen LogP contribution in [-0.4, -0.2) is 49.0 Å². The molecule has 0 radical (unpaired) electrons. The van der Waals surface area contributed by atoms with E-state index in [2.05, 4.69) is 5.10 Å². The Balaban J connectivity index is 1.88. The average Bonchev–Trinajstić information content (AvgIpc) is 3.33. The first-order valence-electron chi connectivity index (χ1n) is 10.6. The number of ether oxygens (including phenoxy) is 3. The first kappa shape index (κ1) is 23.4. The second-order valence-corrected chi connectivity index (χ2v) is 7.45. The van der Waals surface area contributed by atoms with Crippen LogP contribution in [0.1, 0.15) is 31.2 Å². The number of hydrogen-bond acceptors (Lipinski definition) is 7. The van der Waals surface area contributed by atoms with E-state index in [1.807, 2.05) is 24.3 Å². The third kappa shape index (κ3) is 4.54. The molecule has 0 amide bonds. The molecule has 35 heavy (non-hydrogen) atoms. The van der Waals surface area contributed by atoms with Crippen molar-refractivity contribution in [3.63, 3.8) is 0 Å². The molecule has 3 aromatic carbocycles. The third-order valence-corrected chi connectivity index (χ3v) is 5.43. The topological polar surface area (TPSA) is 96.7 Å². The monoisotopic (exact) mass is 470 g/mol. The van der Waals surface area contributed by atoms with Gasteiger partial charge in [-0.3, -0.25) is 0 Å². The highest BCUT2D eigenvalue weighted by atomic mass is 16.5. The van der Waals surface area contributed by atoms with Gasteiger partial charge >= 0.3 is 17.9 Å². The van der Waals surface area contributed by atoms with Gasteiger partial charge in [0.25, 0.3) is 0 Å². The molecule has 0 aliphatic heterocycles. The quantitative estimate of drug-likeness (QED) is 0.301. The van der Waals surface area contributed by atoms with Crippen molar-refractivity contribution in [1.29, 1.82) is 0 Å². The number of benzene rings is 3. The molecule has 4 aromatic rings. The van der Waals surface area contributed by atoms with Crippen LogP contribution in [0.2, 0.25) is 0 Å². The number of methoxy groups -OCH3 is 3. The second-order valence-electron chi connectivity index (χ2n) is 7.45. The lowest BCUT2D eigenvalue weighted by Crippen LogP contribution is -2.15. The molecular weight excluding hydrogens is 448 g/mol. The van der Waals surface area contributed by atoms with Gasteiger partial charge in [0, 0.05) is 5.56 Å². The number of hydrogen-bond donors (Lipinski definition) is 0. The van der Waals surface area contributed by atoms with Crippen molar-refractivity contribution in [2.75, 3.05) is 21.3 Å². The molecule has 1 heterocycles. The fourth-order valence-electron chi connectivity index (χ4n) is 3.72. The van der Waals surface area contributed by atoms with Gasteiger partial charge in [-0.25, -0.2) is 19.1 Å². The van der Waals surface area contributed by atoms with Gasteiger partial charge in [0.15, 0.2) is 5.69 Å². The van der Waals surface area contributed by atoms with E-state index in [4.69, 9.17) is 14.2 Å². The SMILES string of the molecule is COC(=O)c1ccc(-c2cccc(-c3nn(-c4ccccc4)c(C(=O)OC)c3C(=O)OC)c2)cc1. The summed E-state index contributed by atoms with van der Waals surface area (Å²) in [4.78, 5) is 37.4. The molecular formula is C27H22N2O6. The van der Waals surface area contributed by atoms with Crippen LogP contribution in [0.25, 0.3) is 28.1 Å².